The summed E-state index contributed by atoms with van der Waals surface area (Å²) in [6.07, 6.45) is -4.85. The van der Waals surface area contributed by atoms with E-state index in [1.54, 1.807) is 18.2 Å². The highest BCUT2D eigenvalue weighted by atomic mass is 32.3. The lowest BCUT2D eigenvalue weighted by Crippen LogP contribution is -2.42. The second-order valence-corrected chi connectivity index (χ2v) is 9.59. The number of aliphatic hydroxyl groups excluding tert-OH is 1. The van der Waals surface area contributed by atoms with Crippen LogP contribution in [0.3, 0.4) is 0 Å². The van der Waals surface area contributed by atoms with Gasteiger partial charge in [-0.1, -0.05) is 6.07 Å². The molecule has 0 spiro atoms. The first-order chi connectivity index (χ1) is 15.0. The number of halogens is 3. The lowest BCUT2D eigenvalue weighted by atomic mass is 10.1. The minimum absolute atomic E-state index is 0.0117. The maximum absolute atomic E-state index is 12.6. The number of nitrogens with zero attached hydrogens (tertiary/aromatic N) is 2. The first-order valence-corrected chi connectivity index (χ1v) is 11.2. The summed E-state index contributed by atoms with van der Waals surface area (Å²) in [6, 6.07) is 8.98. The van der Waals surface area contributed by atoms with Crippen LogP contribution in [0.4, 0.5) is 13.2 Å². The van der Waals surface area contributed by atoms with Gasteiger partial charge in [0.2, 0.25) is 5.88 Å². The number of nitrogens with one attached hydrogen (secondary N) is 1. The zero-order valence-electron chi connectivity index (χ0n) is 16.3. The summed E-state index contributed by atoms with van der Waals surface area (Å²) in [4.78, 5) is 20.4. The van der Waals surface area contributed by atoms with Crippen molar-refractivity contribution in [1.29, 1.82) is 0 Å². The van der Waals surface area contributed by atoms with Gasteiger partial charge in [0.1, 0.15) is 11.4 Å². The molecule has 0 bridgehead atoms. The molecule has 32 heavy (non-hydrogen) atoms. The lowest BCUT2D eigenvalue weighted by Gasteiger charge is -2.25. The van der Waals surface area contributed by atoms with Gasteiger partial charge in [-0.05, 0) is 30.3 Å². The Morgan fingerprint density at radius 1 is 1.12 bits per heavy atom. The molecule has 0 unspecified atom stereocenters. The number of ether oxygens (including phenoxy) is 1. The van der Waals surface area contributed by atoms with Crippen molar-refractivity contribution in [3.8, 4) is 11.6 Å². The fourth-order valence-electron chi connectivity index (χ4n) is 3.26. The summed E-state index contributed by atoms with van der Waals surface area (Å²) in [5.41, 5.74) is -0.346. The van der Waals surface area contributed by atoms with Crippen molar-refractivity contribution in [3.63, 3.8) is 0 Å². The van der Waals surface area contributed by atoms with Crippen LogP contribution in [0.25, 0.3) is 10.9 Å². The van der Waals surface area contributed by atoms with E-state index in [4.69, 9.17) is 4.74 Å². The molecule has 3 heterocycles. The Balaban J connectivity index is 1.47. The van der Waals surface area contributed by atoms with Crippen molar-refractivity contribution in [3.05, 3.63) is 59.9 Å². The highest BCUT2D eigenvalue weighted by Crippen LogP contribution is 2.45. The molecule has 170 valence electrons. The van der Waals surface area contributed by atoms with Crippen molar-refractivity contribution in [2.24, 2.45) is 0 Å². The number of alkyl halides is 3. The molecule has 2 atom stereocenters. The number of carbonyl (C=O) groups excluding carboxylic acids is 1. The molecule has 1 aliphatic rings. The monoisotopic (exact) mass is 469 g/mol. The van der Waals surface area contributed by atoms with Crippen molar-refractivity contribution in [2.75, 3.05) is 11.5 Å². The summed E-state index contributed by atoms with van der Waals surface area (Å²) < 4.78 is 62.7. The van der Waals surface area contributed by atoms with E-state index in [-0.39, 0.29) is 23.1 Å². The van der Waals surface area contributed by atoms with Crippen LogP contribution in [0.1, 0.15) is 16.1 Å². The first-order valence-electron chi connectivity index (χ1n) is 9.35. The van der Waals surface area contributed by atoms with Gasteiger partial charge in [0.25, 0.3) is 5.91 Å². The third-order valence-corrected chi connectivity index (χ3v) is 6.61. The molecule has 3 aromatic rings. The van der Waals surface area contributed by atoms with Crippen LogP contribution in [-0.4, -0.2) is 53.7 Å². The number of rotatable bonds is 4. The third kappa shape index (κ3) is 4.93. The largest absolute Gasteiger partial charge is 0.439 e. The van der Waals surface area contributed by atoms with Crippen molar-refractivity contribution in [2.45, 2.75) is 18.3 Å². The molecule has 0 aliphatic carbocycles. The number of aromatic nitrogens is 2. The predicted octanol–water partition coefficient (Wildman–Crippen LogP) is 3.66. The molecule has 4 rings (SSSR count). The number of amides is 1. The molecule has 1 aromatic carbocycles. The molecule has 4 N–H and O–H groups in total. The summed E-state index contributed by atoms with van der Waals surface area (Å²) >= 11 is 0. The van der Waals surface area contributed by atoms with Crippen LogP contribution in [0.15, 0.2) is 48.7 Å². The van der Waals surface area contributed by atoms with Crippen LogP contribution in [0.2, 0.25) is 0 Å². The van der Waals surface area contributed by atoms with Gasteiger partial charge in [-0.3, -0.25) is 13.9 Å². The van der Waals surface area contributed by atoms with E-state index in [2.05, 4.69) is 15.3 Å². The molecule has 2 aromatic heterocycles. The fraction of sp³-hybridized carbons (Fsp3) is 0.250. The quantitative estimate of drug-likeness (QED) is 0.460. The van der Waals surface area contributed by atoms with Crippen LogP contribution in [0.5, 0.6) is 11.6 Å². The zero-order valence-corrected chi connectivity index (χ0v) is 17.1. The molecular weight excluding hydrogens is 451 g/mol. The van der Waals surface area contributed by atoms with E-state index in [1.807, 2.05) is 0 Å². The minimum Gasteiger partial charge on any atom is -0.439 e. The van der Waals surface area contributed by atoms with Gasteiger partial charge in [-0.25, -0.2) is 9.97 Å². The molecule has 1 aliphatic heterocycles. The fourth-order valence-corrected chi connectivity index (χ4v) is 5.06. The molecule has 1 saturated heterocycles. The number of aliphatic hydroxyl groups is 1. The smallest absolute Gasteiger partial charge is 0.417 e. The minimum atomic E-state index is -4.49. The van der Waals surface area contributed by atoms with Gasteiger partial charge in [-0.2, -0.15) is 23.8 Å². The highest BCUT2D eigenvalue weighted by Gasteiger charge is 2.37. The second kappa shape index (κ2) is 8.20. The molecule has 0 radical (unpaired) electrons. The number of pyridine rings is 2. The third-order valence-electron chi connectivity index (χ3n) is 4.84. The normalized spacial score (nSPS) is 21.3. The Morgan fingerprint density at radius 2 is 1.91 bits per heavy atom. The first kappa shape index (κ1) is 22.3. The average Bonchev–Trinajstić information content (AvgIpc) is 2.98. The summed E-state index contributed by atoms with van der Waals surface area (Å²) in [6.45, 7) is 0. The number of hydrogen-bond donors (Lipinski definition) is 4. The van der Waals surface area contributed by atoms with Crippen LogP contribution >= 0.6 is 10.6 Å². The zero-order chi connectivity index (χ0) is 23.1. The van der Waals surface area contributed by atoms with Gasteiger partial charge in [0, 0.05) is 17.6 Å². The van der Waals surface area contributed by atoms with Crippen molar-refractivity contribution in [1.82, 2.24) is 15.3 Å². The predicted molar refractivity (Wildman–Crippen MR) is 111 cm³/mol. The summed E-state index contributed by atoms with van der Waals surface area (Å²) in [5.74, 6) is -0.556. The summed E-state index contributed by atoms with van der Waals surface area (Å²) in [5, 5.41) is 13.1. The van der Waals surface area contributed by atoms with E-state index < -0.39 is 40.4 Å². The van der Waals surface area contributed by atoms with Crippen LogP contribution < -0.4 is 10.1 Å². The number of hydrogen-bond acceptors (Lipinski definition) is 7. The van der Waals surface area contributed by atoms with E-state index >= 15 is 0 Å². The molecule has 8 nitrogen and oxygen atoms in total. The van der Waals surface area contributed by atoms with Crippen molar-refractivity contribution >= 4 is 27.4 Å². The van der Waals surface area contributed by atoms with E-state index in [1.165, 1.54) is 12.1 Å². The van der Waals surface area contributed by atoms with E-state index in [0.29, 0.717) is 22.8 Å². The maximum atomic E-state index is 12.6. The van der Waals surface area contributed by atoms with Crippen molar-refractivity contribution < 1.29 is 36.9 Å². The van der Waals surface area contributed by atoms with Crippen LogP contribution in [0, 0.1) is 0 Å². The molecule has 1 fully saturated rings. The van der Waals surface area contributed by atoms with E-state index in [9.17, 15) is 32.2 Å². The van der Waals surface area contributed by atoms with Gasteiger partial charge in [0.05, 0.1) is 34.7 Å². The average molecular weight is 469 g/mol. The maximum Gasteiger partial charge on any atom is 0.417 e. The van der Waals surface area contributed by atoms with Crippen LogP contribution in [-0.2, 0) is 6.18 Å². The summed E-state index contributed by atoms with van der Waals surface area (Å²) in [7, 11) is -2.91. The van der Waals surface area contributed by atoms with Gasteiger partial charge < -0.3 is 15.2 Å². The van der Waals surface area contributed by atoms with Gasteiger partial charge in [-0.15, -0.1) is 0 Å². The molecule has 0 saturated carbocycles. The Labute approximate surface area is 181 Å². The Kier molecular flexibility index (Phi) is 5.71. The van der Waals surface area contributed by atoms with Gasteiger partial charge >= 0.3 is 6.18 Å². The van der Waals surface area contributed by atoms with E-state index in [0.717, 1.165) is 12.1 Å². The Morgan fingerprint density at radius 3 is 2.53 bits per heavy atom. The number of fused-ring (bicyclic) bond motifs is 1. The lowest BCUT2D eigenvalue weighted by molar-refractivity contribution is -0.137. The highest BCUT2D eigenvalue weighted by molar-refractivity contribution is 8.24. The van der Waals surface area contributed by atoms with Gasteiger partial charge in [0.15, 0.2) is 0 Å². The molecule has 12 heteroatoms. The topological polar surface area (TPSA) is 125 Å². The second-order valence-electron chi connectivity index (χ2n) is 7.32. The molecule has 1 amide bonds. The molecular formula is C20H18F3N3O5S. The Bertz CT molecular complexity index is 1160. The SMILES string of the molecule is O=C(N[C@@H]1CS(O)(O)C[C@H]1O)c1ccc2cc(Oc3ccc(C(F)(F)F)cn3)ccc2n1. The number of carbonyl (C=O) groups is 1. The Hall–Kier alpha value is -2.93. The number of benzene rings is 1. The standard InChI is InChI=1S/C20H18F3N3O5S/c21-20(22,23)12-2-6-18(24-8-12)31-13-3-5-14-11(7-13)1-4-15(25-14)19(28)26-16-9-32(29,30)10-17(16)27/h1-8,16-17,27,29-30H,9-10H2,(H,26,28)/t16-,17-/m1/s1.